The third-order valence-corrected chi connectivity index (χ3v) is 5.96. The molecular formula is C21H19BrN2O5S. The van der Waals surface area contributed by atoms with E-state index in [-0.39, 0.29) is 11.5 Å². The number of carboxylic acid groups (broad SMARTS) is 1. The van der Waals surface area contributed by atoms with E-state index in [1.54, 1.807) is 38.4 Å². The average molecular weight is 491 g/mol. The van der Waals surface area contributed by atoms with Gasteiger partial charge in [0.05, 0.1) is 29.9 Å². The lowest BCUT2D eigenvalue weighted by Crippen LogP contribution is -2.23. The maximum Gasteiger partial charge on any atom is 0.335 e. The van der Waals surface area contributed by atoms with E-state index in [1.165, 1.54) is 28.8 Å². The first kappa shape index (κ1) is 21.9. The van der Waals surface area contributed by atoms with Gasteiger partial charge in [-0.25, -0.2) is 9.79 Å². The predicted octanol–water partition coefficient (Wildman–Crippen LogP) is 4.79. The highest BCUT2D eigenvalue weighted by Gasteiger charge is 2.30. The predicted molar refractivity (Wildman–Crippen MR) is 121 cm³/mol. The van der Waals surface area contributed by atoms with E-state index >= 15 is 0 Å². The fourth-order valence-electron chi connectivity index (χ4n) is 2.67. The summed E-state index contributed by atoms with van der Waals surface area (Å²) in [5.74, 6) is 0.00625. The smallest absolute Gasteiger partial charge is 0.335 e. The normalized spacial score (nSPS) is 16.4. The summed E-state index contributed by atoms with van der Waals surface area (Å²) < 4.78 is 11.7. The second kappa shape index (κ2) is 9.36. The van der Waals surface area contributed by atoms with Crippen LogP contribution in [0, 0.1) is 0 Å². The van der Waals surface area contributed by atoms with Crippen molar-refractivity contribution in [1.29, 1.82) is 0 Å². The van der Waals surface area contributed by atoms with Crippen LogP contribution in [0.1, 0.15) is 22.8 Å². The maximum atomic E-state index is 12.7. The molecule has 1 N–H and O–H groups in total. The maximum absolute atomic E-state index is 12.7. The summed E-state index contributed by atoms with van der Waals surface area (Å²) in [6.07, 6.45) is 1.77. The number of methoxy groups -OCH3 is 1. The zero-order chi connectivity index (χ0) is 21.8. The van der Waals surface area contributed by atoms with Crippen molar-refractivity contribution < 1.29 is 24.2 Å². The van der Waals surface area contributed by atoms with E-state index in [1.807, 2.05) is 13.0 Å². The Balaban J connectivity index is 1.91. The zero-order valence-corrected chi connectivity index (χ0v) is 18.9. The molecule has 2 aromatic carbocycles. The first-order chi connectivity index (χ1) is 14.3. The number of likely N-dealkylation sites (N-methyl/N-ethyl adjacent to an activating group) is 1. The summed E-state index contributed by atoms with van der Waals surface area (Å²) >= 11 is 4.75. The van der Waals surface area contributed by atoms with Crippen LogP contribution in [-0.4, -0.2) is 47.8 Å². The minimum Gasteiger partial charge on any atom is -0.493 e. The average Bonchev–Trinajstić information content (AvgIpc) is 2.98. The molecule has 2 aromatic rings. The van der Waals surface area contributed by atoms with Crippen LogP contribution in [0.15, 0.2) is 50.8 Å². The molecule has 0 spiro atoms. The Labute approximate surface area is 186 Å². The van der Waals surface area contributed by atoms with Crippen LogP contribution in [0.25, 0.3) is 6.08 Å². The molecule has 3 rings (SSSR count). The first-order valence-corrected chi connectivity index (χ1v) is 10.5. The quantitative estimate of drug-likeness (QED) is 0.585. The molecule has 7 nitrogen and oxygen atoms in total. The standard InChI is InChI=1S/C21H19BrN2O5S/c1-4-29-17-9-13(15(22)11-16(17)28-3)10-18-19(25)24(2)21(30-18)23-14-7-5-12(6-8-14)20(26)27/h5-11H,4H2,1-3H3,(H,26,27)/b18-10-,23-21?. The second-order valence-electron chi connectivity index (χ2n) is 6.18. The van der Waals surface area contributed by atoms with Crippen LogP contribution in [0.2, 0.25) is 0 Å². The van der Waals surface area contributed by atoms with Crippen LogP contribution >= 0.6 is 27.7 Å². The number of aromatic carboxylic acids is 1. The molecule has 30 heavy (non-hydrogen) atoms. The van der Waals surface area contributed by atoms with Gasteiger partial charge >= 0.3 is 5.97 Å². The van der Waals surface area contributed by atoms with Gasteiger partial charge < -0.3 is 14.6 Å². The van der Waals surface area contributed by atoms with Crippen molar-refractivity contribution in [3.63, 3.8) is 0 Å². The SMILES string of the molecule is CCOc1cc(/C=C2\SC(=Nc3ccc(C(=O)O)cc3)N(C)C2=O)c(Br)cc1OC. The molecule has 1 aliphatic heterocycles. The van der Waals surface area contributed by atoms with E-state index in [0.717, 1.165) is 10.0 Å². The van der Waals surface area contributed by atoms with Crippen molar-refractivity contribution in [2.24, 2.45) is 4.99 Å². The summed E-state index contributed by atoms with van der Waals surface area (Å²) in [6, 6.07) is 9.77. The summed E-state index contributed by atoms with van der Waals surface area (Å²) in [4.78, 5) is 30.1. The monoisotopic (exact) mass is 490 g/mol. The van der Waals surface area contributed by atoms with E-state index in [4.69, 9.17) is 14.6 Å². The number of rotatable bonds is 6. The highest BCUT2D eigenvalue weighted by atomic mass is 79.9. The zero-order valence-electron chi connectivity index (χ0n) is 16.5. The lowest BCUT2D eigenvalue weighted by atomic mass is 10.2. The molecule has 0 atom stereocenters. The molecule has 9 heteroatoms. The fourth-order valence-corrected chi connectivity index (χ4v) is 4.09. The van der Waals surface area contributed by atoms with Gasteiger partial charge in [-0.15, -0.1) is 0 Å². The van der Waals surface area contributed by atoms with E-state index < -0.39 is 5.97 Å². The summed E-state index contributed by atoms with van der Waals surface area (Å²) in [7, 11) is 3.22. The number of hydrogen-bond acceptors (Lipinski definition) is 6. The molecule has 156 valence electrons. The molecule has 0 radical (unpaired) electrons. The summed E-state index contributed by atoms with van der Waals surface area (Å²) in [5, 5.41) is 9.50. The Morgan fingerprint density at radius 3 is 2.57 bits per heavy atom. The van der Waals surface area contributed by atoms with Crippen LogP contribution in [-0.2, 0) is 4.79 Å². The van der Waals surface area contributed by atoms with Gasteiger partial charge in [0.1, 0.15) is 0 Å². The number of nitrogens with zero attached hydrogens (tertiary/aromatic N) is 2. The number of carboxylic acids is 1. The van der Waals surface area contributed by atoms with E-state index in [2.05, 4.69) is 20.9 Å². The molecule has 1 aliphatic rings. The molecule has 0 bridgehead atoms. The van der Waals surface area contributed by atoms with Gasteiger partial charge in [0, 0.05) is 11.5 Å². The fraction of sp³-hybridized carbons (Fsp3) is 0.190. The van der Waals surface area contributed by atoms with Crippen LogP contribution in [0.4, 0.5) is 5.69 Å². The van der Waals surface area contributed by atoms with Gasteiger partial charge in [-0.1, -0.05) is 15.9 Å². The van der Waals surface area contributed by atoms with Gasteiger partial charge in [0.15, 0.2) is 16.7 Å². The number of benzene rings is 2. The van der Waals surface area contributed by atoms with Crippen LogP contribution < -0.4 is 9.47 Å². The second-order valence-corrected chi connectivity index (χ2v) is 8.04. The number of hydrogen-bond donors (Lipinski definition) is 1. The molecule has 0 aromatic heterocycles. The van der Waals surface area contributed by atoms with Crippen LogP contribution in [0.3, 0.4) is 0 Å². The number of ether oxygens (including phenoxy) is 2. The van der Waals surface area contributed by atoms with Crippen molar-refractivity contribution in [3.05, 3.63) is 56.9 Å². The number of carbonyl (C=O) groups is 2. The van der Waals surface area contributed by atoms with Gasteiger partial charge in [0.2, 0.25) is 0 Å². The number of halogens is 1. The number of thioether (sulfide) groups is 1. The largest absolute Gasteiger partial charge is 0.493 e. The van der Waals surface area contributed by atoms with Gasteiger partial charge in [-0.2, -0.15) is 0 Å². The lowest BCUT2D eigenvalue weighted by Gasteiger charge is -2.11. The number of amides is 1. The minimum atomic E-state index is -1.00. The van der Waals surface area contributed by atoms with Crippen molar-refractivity contribution in [1.82, 2.24) is 4.90 Å². The van der Waals surface area contributed by atoms with Crippen molar-refractivity contribution in [2.45, 2.75) is 6.92 Å². The highest BCUT2D eigenvalue weighted by Crippen LogP contribution is 2.38. The van der Waals surface area contributed by atoms with Gasteiger partial charge in [-0.3, -0.25) is 9.69 Å². The first-order valence-electron chi connectivity index (χ1n) is 8.94. The molecule has 0 aliphatic carbocycles. The highest BCUT2D eigenvalue weighted by molar-refractivity contribution is 9.10. The third kappa shape index (κ3) is 4.68. The van der Waals surface area contributed by atoms with Gasteiger partial charge in [-0.05, 0) is 66.7 Å². The molecule has 1 amide bonds. The lowest BCUT2D eigenvalue weighted by molar-refractivity contribution is -0.121. The molecule has 0 unspecified atom stereocenters. The molecule has 1 fully saturated rings. The Hall–Kier alpha value is -2.78. The van der Waals surface area contributed by atoms with Crippen molar-refractivity contribution in [2.75, 3.05) is 20.8 Å². The Kier molecular flexibility index (Phi) is 6.84. The molecular weight excluding hydrogens is 472 g/mol. The number of amidine groups is 1. The van der Waals surface area contributed by atoms with Crippen molar-refractivity contribution >= 4 is 56.5 Å². The number of aliphatic imine (C=N–C) groups is 1. The Morgan fingerprint density at radius 2 is 1.97 bits per heavy atom. The van der Waals surface area contributed by atoms with E-state index in [0.29, 0.717) is 33.9 Å². The summed E-state index contributed by atoms with van der Waals surface area (Å²) in [5.41, 5.74) is 1.51. The molecule has 1 heterocycles. The third-order valence-electron chi connectivity index (χ3n) is 4.21. The minimum absolute atomic E-state index is 0.178. The Bertz CT molecular complexity index is 1050. The van der Waals surface area contributed by atoms with Crippen molar-refractivity contribution in [3.8, 4) is 11.5 Å². The van der Waals surface area contributed by atoms with Gasteiger partial charge in [0.25, 0.3) is 5.91 Å². The Morgan fingerprint density at radius 1 is 1.27 bits per heavy atom. The summed E-state index contributed by atoms with van der Waals surface area (Å²) in [6.45, 7) is 2.37. The topological polar surface area (TPSA) is 88.4 Å². The molecule has 1 saturated heterocycles. The van der Waals surface area contributed by atoms with Crippen LogP contribution in [0.5, 0.6) is 11.5 Å². The number of carbonyl (C=O) groups excluding carboxylic acids is 1. The van der Waals surface area contributed by atoms with E-state index in [9.17, 15) is 9.59 Å². The molecule has 0 saturated carbocycles.